The number of hydrogen-bond acceptors (Lipinski definition) is 8. The van der Waals surface area contributed by atoms with Crippen molar-refractivity contribution in [3.8, 4) is 34.5 Å². The molecule has 0 radical (unpaired) electrons. The van der Waals surface area contributed by atoms with Crippen LogP contribution >= 0.6 is 0 Å². The fourth-order valence-electron chi connectivity index (χ4n) is 6.88. The fraction of sp³-hybridized carbons (Fsp3) is 0.250. The zero-order chi connectivity index (χ0) is 34.6. The van der Waals surface area contributed by atoms with Gasteiger partial charge in [0.2, 0.25) is 11.6 Å². The Labute approximate surface area is 279 Å². The lowest BCUT2D eigenvalue weighted by Crippen LogP contribution is -2.30. The van der Waals surface area contributed by atoms with Crippen LogP contribution in [-0.4, -0.2) is 45.2 Å². The number of aromatic hydroxyl groups is 4. The summed E-state index contributed by atoms with van der Waals surface area (Å²) in [5, 5.41) is 45.2. The Kier molecular flexibility index (Phi) is 8.29. The first kappa shape index (κ1) is 32.4. The van der Waals surface area contributed by atoms with Gasteiger partial charge < -0.3 is 29.9 Å². The predicted molar refractivity (Wildman–Crippen MR) is 182 cm³/mol. The number of fused-ring (bicyclic) bond motifs is 4. The Hall–Kier alpha value is -5.50. The zero-order valence-electron chi connectivity index (χ0n) is 27.8. The molecule has 0 heterocycles. The highest BCUT2D eigenvalue weighted by atomic mass is 16.5. The van der Waals surface area contributed by atoms with Gasteiger partial charge in [0, 0.05) is 24.0 Å². The average molecular weight is 647 g/mol. The maximum Gasteiger partial charge on any atom is 0.201 e. The Morgan fingerprint density at radius 3 is 1.19 bits per heavy atom. The lowest BCUT2D eigenvalue weighted by Gasteiger charge is -2.39. The minimum Gasteiger partial charge on any atom is -0.507 e. The number of benzene rings is 4. The van der Waals surface area contributed by atoms with Crippen molar-refractivity contribution in [1.82, 2.24) is 0 Å². The number of carbonyl (C=O) groups excluding carboxylic acids is 2. The van der Waals surface area contributed by atoms with E-state index in [-0.39, 0.29) is 58.5 Å². The number of rotatable bonds is 7. The second kappa shape index (κ2) is 12.3. The molecule has 6 rings (SSSR count). The normalized spacial score (nSPS) is 15.9. The van der Waals surface area contributed by atoms with Crippen LogP contribution in [0.15, 0.2) is 71.8 Å². The number of hydrogen-bond donors (Lipinski definition) is 4. The van der Waals surface area contributed by atoms with E-state index in [1.807, 2.05) is 52.0 Å². The van der Waals surface area contributed by atoms with E-state index in [9.17, 15) is 30.0 Å². The van der Waals surface area contributed by atoms with Crippen LogP contribution < -0.4 is 9.47 Å². The third kappa shape index (κ3) is 5.57. The van der Waals surface area contributed by atoms with Crippen LogP contribution in [0.3, 0.4) is 0 Å². The highest BCUT2D eigenvalue weighted by Crippen LogP contribution is 2.57. The molecule has 8 heteroatoms. The molecule has 8 nitrogen and oxygen atoms in total. The molecule has 0 fully saturated rings. The quantitative estimate of drug-likeness (QED) is 0.149. The molecule has 48 heavy (non-hydrogen) atoms. The van der Waals surface area contributed by atoms with Gasteiger partial charge in [0.1, 0.15) is 47.7 Å². The summed E-state index contributed by atoms with van der Waals surface area (Å²) in [6.07, 6.45) is 3.78. The van der Waals surface area contributed by atoms with Crippen molar-refractivity contribution in [2.45, 2.75) is 53.4 Å². The van der Waals surface area contributed by atoms with Crippen LogP contribution in [0.4, 0.5) is 0 Å². The molecule has 2 aliphatic carbocycles. The van der Waals surface area contributed by atoms with Gasteiger partial charge >= 0.3 is 0 Å². The molecule has 0 aromatic heterocycles. The fourth-order valence-corrected chi connectivity index (χ4v) is 6.88. The topological polar surface area (TPSA) is 134 Å². The lowest BCUT2D eigenvalue weighted by atomic mass is 9.63. The first-order valence-electron chi connectivity index (χ1n) is 15.8. The Bertz CT molecular complexity index is 1930. The number of allylic oxidation sites excluding steroid dienone is 2. The van der Waals surface area contributed by atoms with Gasteiger partial charge in [0.25, 0.3) is 0 Å². The van der Waals surface area contributed by atoms with Crippen molar-refractivity contribution < 1.29 is 39.5 Å². The molecule has 4 N–H and O–H groups in total. The number of phenolic OH excluding ortho intramolecular Hbond substituents is 4. The molecular weight excluding hydrogens is 608 g/mol. The highest BCUT2D eigenvalue weighted by molar-refractivity contribution is 6.18. The van der Waals surface area contributed by atoms with Gasteiger partial charge in [-0.2, -0.15) is 0 Å². The Balaban J connectivity index is 1.69. The summed E-state index contributed by atoms with van der Waals surface area (Å²) in [6, 6.07) is 12.8. The maximum atomic E-state index is 14.1. The van der Waals surface area contributed by atoms with Gasteiger partial charge in [-0.1, -0.05) is 23.3 Å². The number of aryl methyl sites for hydroxylation is 2. The van der Waals surface area contributed by atoms with Crippen molar-refractivity contribution >= 4 is 11.6 Å². The van der Waals surface area contributed by atoms with Gasteiger partial charge in [0.15, 0.2) is 0 Å². The largest absolute Gasteiger partial charge is 0.507 e. The van der Waals surface area contributed by atoms with Gasteiger partial charge in [-0.15, -0.1) is 0 Å². The predicted octanol–water partition coefficient (Wildman–Crippen LogP) is 7.87. The van der Waals surface area contributed by atoms with Gasteiger partial charge in [-0.3, -0.25) is 9.59 Å². The molecular formula is C40H38O8. The van der Waals surface area contributed by atoms with E-state index in [0.717, 1.165) is 11.1 Å². The van der Waals surface area contributed by atoms with E-state index in [0.29, 0.717) is 44.9 Å². The van der Waals surface area contributed by atoms with Gasteiger partial charge in [0.05, 0.1) is 22.3 Å². The number of phenols is 4. The lowest BCUT2D eigenvalue weighted by molar-refractivity contribution is 0.101. The zero-order valence-corrected chi connectivity index (χ0v) is 27.8. The third-order valence-corrected chi connectivity index (χ3v) is 8.89. The molecule has 0 spiro atoms. The third-order valence-electron chi connectivity index (χ3n) is 8.89. The van der Waals surface area contributed by atoms with Crippen LogP contribution in [0.2, 0.25) is 0 Å². The summed E-state index contributed by atoms with van der Waals surface area (Å²) in [7, 11) is 0. The minimum atomic E-state index is -0.796. The molecule has 4 aromatic carbocycles. The van der Waals surface area contributed by atoms with Crippen molar-refractivity contribution in [3.63, 3.8) is 0 Å². The molecule has 0 bridgehead atoms. The van der Waals surface area contributed by atoms with Crippen molar-refractivity contribution in [1.29, 1.82) is 0 Å². The van der Waals surface area contributed by atoms with Crippen LogP contribution in [0.1, 0.15) is 105 Å². The molecule has 0 aliphatic heterocycles. The van der Waals surface area contributed by atoms with Crippen LogP contribution in [0, 0.1) is 13.8 Å². The summed E-state index contributed by atoms with van der Waals surface area (Å²) in [4.78, 5) is 28.2. The van der Waals surface area contributed by atoms with E-state index in [4.69, 9.17) is 9.47 Å². The van der Waals surface area contributed by atoms with E-state index in [1.165, 1.54) is 24.3 Å². The van der Waals surface area contributed by atoms with E-state index in [1.54, 1.807) is 26.0 Å². The molecule has 246 valence electrons. The second-order valence-corrected chi connectivity index (χ2v) is 13.1. The van der Waals surface area contributed by atoms with E-state index >= 15 is 0 Å². The van der Waals surface area contributed by atoms with Crippen molar-refractivity contribution in [2.24, 2.45) is 0 Å². The van der Waals surface area contributed by atoms with Crippen molar-refractivity contribution in [2.75, 3.05) is 13.2 Å². The first-order valence-corrected chi connectivity index (χ1v) is 15.8. The summed E-state index contributed by atoms with van der Waals surface area (Å²) < 4.78 is 12.0. The second-order valence-electron chi connectivity index (χ2n) is 13.1. The van der Waals surface area contributed by atoms with Gasteiger partial charge in [-0.05, 0) is 111 Å². The van der Waals surface area contributed by atoms with Crippen LogP contribution in [0.25, 0.3) is 0 Å². The number of ether oxygens (including phenoxy) is 2. The smallest absolute Gasteiger partial charge is 0.201 e. The Morgan fingerprint density at radius 2 is 0.854 bits per heavy atom. The van der Waals surface area contributed by atoms with E-state index < -0.39 is 23.4 Å². The van der Waals surface area contributed by atoms with Crippen LogP contribution in [0.5, 0.6) is 34.5 Å². The monoisotopic (exact) mass is 646 g/mol. The molecule has 2 unspecified atom stereocenters. The summed E-state index contributed by atoms with van der Waals surface area (Å²) in [5.74, 6) is -3.17. The molecule has 4 aromatic rings. The summed E-state index contributed by atoms with van der Waals surface area (Å²) >= 11 is 0. The average Bonchev–Trinajstić information content (AvgIpc) is 2.97. The molecule has 2 aliphatic rings. The highest BCUT2D eigenvalue weighted by Gasteiger charge is 2.46. The van der Waals surface area contributed by atoms with Gasteiger partial charge in [-0.25, -0.2) is 0 Å². The first-order chi connectivity index (χ1) is 22.8. The Morgan fingerprint density at radius 1 is 0.542 bits per heavy atom. The molecule has 2 atom stereocenters. The summed E-state index contributed by atoms with van der Waals surface area (Å²) in [5.41, 5.74) is 5.29. The standard InChI is InChI=1S/C40H38O8/c1-19(2)7-9-47-23-15-27-33(25-11-21(5)13-29(41)35(25)39(45)37(27)31(43)17-23)34-26-12-22(6)14-30(42)36(26)40(46)38-28(34)16-24(18-32(38)44)48-10-8-20(3)4/h7-8,11-18,33-34,41-44H,9-10H2,1-6H3. The molecule has 0 saturated heterocycles. The van der Waals surface area contributed by atoms with E-state index in [2.05, 4.69) is 0 Å². The molecule has 0 saturated carbocycles. The molecule has 0 amide bonds. The number of carbonyl (C=O) groups is 2. The SMILES string of the molecule is CC(C)=CCOc1cc(O)c2c(c1)C(C1c3cc(C)cc(O)c3C(=O)c3c(O)cc(OCC=C(C)C)cc31)c1cc(C)cc(O)c1C2=O. The number of ketones is 2. The van der Waals surface area contributed by atoms with Crippen LogP contribution in [-0.2, 0) is 0 Å². The maximum absolute atomic E-state index is 14.1. The minimum absolute atomic E-state index is 0.00160. The summed E-state index contributed by atoms with van der Waals surface area (Å²) in [6.45, 7) is 11.8. The van der Waals surface area contributed by atoms with Crippen molar-refractivity contribution in [3.05, 3.63) is 127 Å².